The first-order valence-corrected chi connectivity index (χ1v) is 7.43. The highest BCUT2D eigenvalue weighted by Crippen LogP contribution is 2.17. The third kappa shape index (κ3) is 5.98. The molecule has 0 aromatic heterocycles. The van der Waals surface area contributed by atoms with Gasteiger partial charge in [0.1, 0.15) is 11.4 Å². The van der Waals surface area contributed by atoms with Crippen LogP contribution in [0.1, 0.15) is 38.1 Å². The molecular formula is C17H24FNO4. The Morgan fingerprint density at radius 3 is 2.39 bits per heavy atom. The number of carbonyl (C=O) groups is 2. The second-order valence-corrected chi connectivity index (χ2v) is 6.34. The van der Waals surface area contributed by atoms with Gasteiger partial charge in [0.2, 0.25) is 0 Å². The van der Waals surface area contributed by atoms with Gasteiger partial charge in [-0.3, -0.25) is 4.79 Å². The monoisotopic (exact) mass is 325 g/mol. The highest BCUT2D eigenvalue weighted by Gasteiger charge is 2.29. The van der Waals surface area contributed by atoms with E-state index >= 15 is 0 Å². The molecule has 2 atom stereocenters. The summed E-state index contributed by atoms with van der Waals surface area (Å²) < 4.78 is 24.0. The molecule has 6 heteroatoms. The standard InChI is InChI=1S/C17H24FNO4/c1-11(15(20)12-8-6-7-9-13(12)18)14(10-22-5)19-16(21)23-17(2,3)4/h6-9,11,14H,10H2,1-5H3,(H,19,21). The molecule has 0 radical (unpaired) electrons. The lowest BCUT2D eigenvalue weighted by molar-refractivity contribution is 0.0434. The molecule has 0 aliphatic carbocycles. The number of halogens is 1. The Bertz CT molecular complexity index is 554. The van der Waals surface area contributed by atoms with Crippen LogP contribution < -0.4 is 5.32 Å². The minimum Gasteiger partial charge on any atom is -0.444 e. The molecule has 0 saturated carbocycles. The number of alkyl carbamates (subject to hydrolysis) is 1. The summed E-state index contributed by atoms with van der Waals surface area (Å²) in [6.07, 6.45) is -0.646. The van der Waals surface area contributed by atoms with Crippen molar-refractivity contribution in [3.63, 3.8) is 0 Å². The molecule has 0 spiro atoms. The van der Waals surface area contributed by atoms with Gasteiger partial charge in [0, 0.05) is 13.0 Å². The Hall–Kier alpha value is -1.95. The highest BCUT2D eigenvalue weighted by molar-refractivity contribution is 5.98. The third-order valence-electron chi connectivity index (χ3n) is 3.20. The molecule has 0 heterocycles. The van der Waals surface area contributed by atoms with Gasteiger partial charge < -0.3 is 14.8 Å². The molecule has 1 rings (SSSR count). The molecule has 23 heavy (non-hydrogen) atoms. The van der Waals surface area contributed by atoms with Gasteiger partial charge in [-0.05, 0) is 32.9 Å². The van der Waals surface area contributed by atoms with Gasteiger partial charge in [-0.1, -0.05) is 19.1 Å². The number of hydrogen-bond acceptors (Lipinski definition) is 4. The molecule has 5 nitrogen and oxygen atoms in total. The highest BCUT2D eigenvalue weighted by atomic mass is 19.1. The van der Waals surface area contributed by atoms with Crippen LogP contribution in [-0.2, 0) is 9.47 Å². The number of nitrogens with one attached hydrogen (secondary N) is 1. The van der Waals surface area contributed by atoms with Crippen molar-refractivity contribution in [2.75, 3.05) is 13.7 Å². The van der Waals surface area contributed by atoms with E-state index in [2.05, 4.69) is 5.32 Å². The third-order valence-corrected chi connectivity index (χ3v) is 3.20. The molecule has 0 saturated heterocycles. The van der Waals surface area contributed by atoms with Gasteiger partial charge in [-0.15, -0.1) is 0 Å². The van der Waals surface area contributed by atoms with E-state index in [0.717, 1.165) is 0 Å². The minimum atomic E-state index is -0.667. The van der Waals surface area contributed by atoms with Gasteiger partial charge >= 0.3 is 6.09 Å². The van der Waals surface area contributed by atoms with Crippen molar-refractivity contribution in [3.05, 3.63) is 35.6 Å². The number of amides is 1. The summed E-state index contributed by atoms with van der Waals surface area (Å²) in [5, 5.41) is 2.61. The number of ether oxygens (including phenoxy) is 2. The molecule has 0 bridgehead atoms. The van der Waals surface area contributed by atoms with E-state index in [4.69, 9.17) is 9.47 Å². The number of benzene rings is 1. The van der Waals surface area contributed by atoms with Crippen LogP contribution in [0.25, 0.3) is 0 Å². The zero-order valence-corrected chi connectivity index (χ0v) is 14.2. The van der Waals surface area contributed by atoms with Gasteiger partial charge in [-0.25, -0.2) is 9.18 Å². The first kappa shape index (κ1) is 19.1. The molecule has 1 aromatic rings. The van der Waals surface area contributed by atoms with E-state index < -0.39 is 35.3 Å². The van der Waals surface area contributed by atoms with Crippen LogP contribution in [0.2, 0.25) is 0 Å². The summed E-state index contributed by atoms with van der Waals surface area (Å²) in [6, 6.07) is 5.14. The number of rotatable bonds is 6. The quantitative estimate of drug-likeness (QED) is 0.816. The number of hydrogen-bond donors (Lipinski definition) is 1. The Morgan fingerprint density at radius 2 is 1.87 bits per heavy atom. The Labute approximate surface area is 136 Å². The normalized spacial score (nSPS) is 14.0. The SMILES string of the molecule is COCC(NC(=O)OC(C)(C)C)C(C)C(=O)c1ccccc1F. The van der Waals surface area contributed by atoms with Crippen LogP contribution >= 0.6 is 0 Å². The molecule has 1 N–H and O–H groups in total. The van der Waals surface area contributed by atoms with Crippen LogP contribution in [0.3, 0.4) is 0 Å². The zero-order valence-electron chi connectivity index (χ0n) is 14.2. The minimum absolute atomic E-state index is 0.00732. The Balaban J connectivity index is 2.86. The molecule has 0 fully saturated rings. The molecule has 1 aromatic carbocycles. The maximum atomic E-state index is 13.8. The molecule has 0 aliphatic heterocycles. The predicted octanol–water partition coefficient (Wildman–Crippen LogP) is 3.18. The lowest BCUT2D eigenvalue weighted by atomic mass is 9.92. The van der Waals surface area contributed by atoms with Crippen molar-refractivity contribution in [2.45, 2.75) is 39.3 Å². The summed E-state index contributed by atoms with van der Waals surface area (Å²) in [4.78, 5) is 24.4. The predicted molar refractivity (Wildman–Crippen MR) is 84.9 cm³/mol. The van der Waals surface area contributed by atoms with E-state index in [0.29, 0.717) is 0 Å². The van der Waals surface area contributed by atoms with Gasteiger partial charge in [0.05, 0.1) is 18.2 Å². The number of carbonyl (C=O) groups excluding carboxylic acids is 2. The molecule has 1 amide bonds. The smallest absolute Gasteiger partial charge is 0.407 e. The largest absolute Gasteiger partial charge is 0.444 e. The van der Waals surface area contributed by atoms with Crippen molar-refractivity contribution in [1.29, 1.82) is 0 Å². The van der Waals surface area contributed by atoms with E-state index in [1.807, 2.05) is 0 Å². The fourth-order valence-corrected chi connectivity index (χ4v) is 2.04. The van der Waals surface area contributed by atoms with Gasteiger partial charge in [0.25, 0.3) is 0 Å². The van der Waals surface area contributed by atoms with E-state index in [1.54, 1.807) is 33.8 Å². The van der Waals surface area contributed by atoms with Crippen LogP contribution in [-0.4, -0.2) is 37.2 Å². The number of Topliss-reactive ketones (excluding diaryl/α,β-unsaturated/α-hetero) is 1. The second-order valence-electron chi connectivity index (χ2n) is 6.34. The van der Waals surface area contributed by atoms with Crippen LogP contribution in [0.5, 0.6) is 0 Å². The Morgan fingerprint density at radius 1 is 1.26 bits per heavy atom. The van der Waals surface area contributed by atoms with Crippen molar-refractivity contribution in [1.82, 2.24) is 5.32 Å². The topological polar surface area (TPSA) is 64.6 Å². The molecule has 0 aliphatic rings. The number of ketones is 1. The summed E-state index contributed by atoms with van der Waals surface area (Å²) >= 11 is 0. The van der Waals surface area contributed by atoms with Crippen LogP contribution in [0.4, 0.5) is 9.18 Å². The summed E-state index contributed by atoms with van der Waals surface area (Å²) in [7, 11) is 1.46. The Kier molecular flexibility index (Phi) is 6.69. The average molecular weight is 325 g/mol. The van der Waals surface area contributed by atoms with Crippen molar-refractivity contribution in [2.24, 2.45) is 5.92 Å². The van der Waals surface area contributed by atoms with Crippen LogP contribution in [0.15, 0.2) is 24.3 Å². The molecule has 2 unspecified atom stereocenters. The van der Waals surface area contributed by atoms with Gasteiger partial charge in [-0.2, -0.15) is 0 Å². The van der Waals surface area contributed by atoms with Crippen molar-refractivity contribution >= 4 is 11.9 Å². The summed E-state index contributed by atoms with van der Waals surface area (Å²) in [6.45, 7) is 6.96. The first-order valence-electron chi connectivity index (χ1n) is 7.43. The number of methoxy groups -OCH3 is 1. The first-order chi connectivity index (χ1) is 10.7. The lowest BCUT2D eigenvalue weighted by Crippen LogP contribution is -2.47. The fourth-order valence-electron chi connectivity index (χ4n) is 2.04. The maximum Gasteiger partial charge on any atom is 0.407 e. The van der Waals surface area contributed by atoms with E-state index in [1.165, 1.54) is 25.3 Å². The van der Waals surface area contributed by atoms with E-state index in [-0.39, 0.29) is 12.2 Å². The van der Waals surface area contributed by atoms with Gasteiger partial charge in [0.15, 0.2) is 5.78 Å². The molecule has 128 valence electrons. The zero-order chi connectivity index (χ0) is 17.6. The van der Waals surface area contributed by atoms with E-state index in [9.17, 15) is 14.0 Å². The summed E-state index contributed by atoms with van der Waals surface area (Å²) in [5.74, 6) is -1.65. The van der Waals surface area contributed by atoms with Crippen molar-refractivity contribution < 1.29 is 23.5 Å². The maximum absolute atomic E-state index is 13.8. The molecular weight excluding hydrogens is 301 g/mol. The summed E-state index contributed by atoms with van der Waals surface area (Å²) in [5.41, 5.74) is -0.660. The fraction of sp³-hybridized carbons (Fsp3) is 0.529. The van der Waals surface area contributed by atoms with Crippen molar-refractivity contribution in [3.8, 4) is 0 Å². The lowest BCUT2D eigenvalue weighted by Gasteiger charge is -2.26. The van der Waals surface area contributed by atoms with Crippen LogP contribution in [0, 0.1) is 11.7 Å². The average Bonchev–Trinajstić information content (AvgIpc) is 2.44. The second kappa shape index (κ2) is 8.06.